The summed E-state index contributed by atoms with van der Waals surface area (Å²) in [5, 5.41) is 7.54. The zero-order valence-electron chi connectivity index (χ0n) is 19.0. The van der Waals surface area contributed by atoms with Gasteiger partial charge in [-0.25, -0.2) is 4.68 Å². The van der Waals surface area contributed by atoms with Crippen LogP contribution in [0.4, 0.5) is 5.69 Å². The van der Waals surface area contributed by atoms with Gasteiger partial charge in [0.2, 0.25) is 0 Å². The fraction of sp³-hybridized carbons (Fsp3) is 0.111. The molecule has 0 spiro atoms. The Bertz CT molecular complexity index is 1300. The number of hydrogen-bond acceptors (Lipinski definition) is 5. The molecule has 0 unspecified atom stereocenters. The number of carbonyl (C=O) groups excluding carboxylic acids is 1. The van der Waals surface area contributed by atoms with Gasteiger partial charge in [-0.05, 0) is 42.0 Å². The van der Waals surface area contributed by atoms with Gasteiger partial charge in [0.15, 0.2) is 17.2 Å². The van der Waals surface area contributed by atoms with Crippen LogP contribution in [0.25, 0.3) is 16.8 Å². The van der Waals surface area contributed by atoms with Crippen LogP contribution in [0.5, 0.6) is 17.2 Å². The molecule has 1 aromatic heterocycles. The van der Waals surface area contributed by atoms with E-state index in [9.17, 15) is 4.79 Å². The molecule has 0 saturated carbocycles. The molecule has 1 N–H and O–H groups in total. The van der Waals surface area contributed by atoms with Crippen LogP contribution in [0.1, 0.15) is 10.5 Å². The minimum atomic E-state index is -0.347. The normalized spacial score (nSPS) is 10.4. The minimum Gasteiger partial charge on any atom is -0.493 e. The Balaban J connectivity index is 1.73. The average Bonchev–Trinajstić information content (AvgIpc) is 3.33. The number of para-hydroxylation sites is 1. The maximum atomic E-state index is 13.4. The molecule has 7 heteroatoms. The summed E-state index contributed by atoms with van der Waals surface area (Å²) in [6, 6.07) is 22.3. The Kier molecular flexibility index (Phi) is 6.93. The van der Waals surface area contributed by atoms with Gasteiger partial charge in [-0.2, -0.15) is 5.10 Å². The second kappa shape index (κ2) is 10.4. The molecular weight excluding hydrogens is 430 g/mol. The summed E-state index contributed by atoms with van der Waals surface area (Å²) in [5.74, 6) is 1.45. The van der Waals surface area contributed by atoms with Crippen LogP contribution < -0.4 is 19.5 Å². The third-order valence-electron chi connectivity index (χ3n) is 5.10. The summed E-state index contributed by atoms with van der Waals surface area (Å²) in [7, 11) is 3.15. The van der Waals surface area contributed by atoms with Crippen LogP contribution in [-0.2, 0) is 0 Å². The van der Waals surface area contributed by atoms with E-state index in [1.807, 2.05) is 60.8 Å². The van der Waals surface area contributed by atoms with Crippen LogP contribution in [0.15, 0.2) is 91.6 Å². The molecular formula is C27H25N3O4. The lowest BCUT2D eigenvalue weighted by atomic mass is 10.1. The molecule has 4 aromatic rings. The third kappa shape index (κ3) is 4.94. The third-order valence-corrected chi connectivity index (χ3v) is 5.10. The van der Waals surface area contributed by atoms with Crippen molar-refractivity contribution in [3.05, 3.63) is 97.3 Å². The van der Waals surface area contributed by atoms with Crippen molar-refractivity contribution in [2.24, 2.45) is 0 Å². The van der Waals surface area contributed by atoms with Crippen molar-refractivity contribution >= 4 is 11.6 Å². The predicted octanol–water partition coefficient (Wildman–Crippen LogP) is 5.37. The maximum absolute atomic E-state index is 13.4. The first-order valence-corrected chi connectivity index (χ1v) is 10.7. The van der Waals surface area contributed by atoms with Crippen LogP contribution in [-0.4, -0.2) is 36.5 Å². The molecule has 34 heavy (non-hydrogen) atoms. The Hall–Kier alpha value is -4.52. The Labute approximate surface area is 198 Å². The van der Waals surface area contributed by atoms with E-state index < -0.39 is 0 Å². The van der Waals surface area contributed by atoms with Crippen LogP contribution in [0.3, 0.4) is 0 Å². The number of rotatable bonds is 9. The van der Waals surface area contributed by atoms with E-state index in [1.165, 1.54) is 0 Å². The first-order chi connectivity index (χ1) is 16.6. The molecule has 0 saturated heterocycles. The number of ether oxygens (including phenoxy) is 3. The topological polar surface area (TPSA) is 74.6 Å². The number of aromatic nitrogens is 2. The second-order valence-corrected chi connectivity index (χ2v) is 7.32. The minimum absolute atomic E-state index is 0.272. The largest absolute Gasteiger partial charge is 0.493 e. The quantitative estimate of drug-likeness (QED) is 0.343. The van der Waals surface area contributed by atoms with Crippen molar-refractivity contribution < 1.29 is 19.0 Å². The van der Waals surface area contributed by atoms with Gasteiger partial charge in [-0.15, -0.1) is 0 Å². The molecule has 3 aromatic carbocycles. The van der Waals surface area contributed by atoms with E-state index in [0.717, 1.165) is 11.3 Å². The summed E-state index contributed by atoms with van der Waals surface area (Å²) < 4.78 is 18.1. The summed E-state index contributed by atoms with van der Waals surface area (Å²) in [4.78, 5) is 13.4. The van der Waals surface area contributed by atoms with Crippen LogP contribution >= 0.6 is 0 Å². The monoisotopic (exact) mass is 455 g/mol. The highest BCUT2D eigenvalue weighted by Gasteiger charge is 2.20. The number of carbonyl (C=O) groups is 1. The number of amides is 1. The Morgan fingerprint density at radius 1 is 1.00 bits per heavy atom. The van der Waals surface area contributed by atoms with Crippen LogP contribution in [0, 0.1) is 0 Å². The van der Waals surface area contributed by atoms with Gasteiger partial charge in [0, 0.05) is 23.5 Å². The van der Waals surface area contributed by atoms with Crippen molar-refractivity contribution in [1.82, 2.24) is 9.78 Å². The molecule has 0 bridgehead atoms. The Morgan fingerprint density at radius 3 is 2.53 bits per heavy atom. The van der Waals surface area contributed by atoms with E-state index in [2.05, 4.69) is 17.0 Å². The molecule has 0 aliphatic carbocycles. The molecule has 7 nitrogen and oxygen atoms in total. The molecule has 0 fully saturated rings. The van der Waals surface area contributed by atoms with Gasteiger partial charge in [0.25, 0.3) is 5.91 Å². The number of hydrogen-bond donors (Lipinski definition) is 1. The standard InChI is InChI=1S/C27H25N3O4/c1-4-15-34-22-12-8-9-20(17-22)28-27(31)26-23(18-30(29-26)21-10-6-5-7-11-21)19-13-14-24(32-2)25(16-19)33-3/h4-14,16-18H,1,15H2,2-3H3,(H,28,31). The fourth-order valence-electron chi connectivity index (χ4n) is 3.48. The lowest BCUT2D eigenvalue weighted by Gasteiger charge is -2.10. The van der Waals surface area contributed by atoms with Gasteiger partial charge < -0.3 is 19.5 Å². The van der Waals surface area contributed by atoms with Crippen molar-refractivity contribution in [2.75, 3.05) is 26.1 Å². The van der Waals surface area contributed by atoms with Crippen molar-refractivity contribution in [2.45, 2.75) is 0 Å². The zero-order chi connectivity index (χ0) is 23.9. The van der Waals surface area contributed by atoms with E-state index in [0.29, 0.717) is 35.1 Å². The van der Waals surface area contributed by atoms with E-state index >= 15 is 0 Å². The van der Waals surface area contributed by atoms with Gasteiger partial charge in [-0.3, -0.25) is 4.79 Å². The molecule has 1 amide bonds. The van der Waals surface area contributed by atoms with Crippen molar-refractivity contribution in [3.63, 3.8) is 0 Å². The average molecular weight is 456 g/mol. The summed E-state index contributed by atoms with van der Waals surface area (Å²) in [5.41, 5.74) is 3.13. The van der Waals surface area contributed by atoms with Gasteiger partial charge in [0.1, 0.15) is 12.4 Å². The van der Waals surface area contributed by atoms with Crippen molar-refractivity contribution in [3.8, 4) is 34.1 Å². The highest BCUT2D eigenvalue weighted by atomic mass is 16.5. The molecule has 0 atom stereocenters. The molecule has 172 valence electrons. The maximum Gasteiger partial charge on any atom is 0.276 e. The summed E-state index contributed by atoms with van der Waals surface area (Å²) in [6.07, 6.45) is 3.49. The molecule has 4 rings (SSSR count). The fourth-order valence-corrected chi connectivity index (χ4v) is 3.48. The van der Waals surface area contributed by atoms with Gasteiger partial charge in [-0.1, -0.05) is 43.0 Å². The molecule has 0 aliphatic heterocycles. The number of nitrogens with zero attached hydrogens (tertiary/aromatic N) is 2. The molecule has 1 heterocycles. The first kappa shape index (κ1) is 22.7. The zero-order valence-corrected chi connectivity index (χ0v) is 19.0. The second-order valence-electron chi connectivity index (χ2n) is 7.32. The number of nitrogens with one attached hydrogen (secondary N) is 1. The smallest absolute Gasteiger partial charge is 0.276 e. The highest BCUT2D eigenvalue weighted by molar-refractivity contribution is 6.07. The molecule has 0 aliphatic rings. The van der Waals surface area contributed by atoms with E-state index in [4.69, 9.17) is 14.2 Å². The van der Waals surface area contributed by atoms with Gasteiger partial charge in [0.05, 0.1) is 19.9 Å². The van der Waals surface area contributed by atoms with E-state index in [1.54, 1.807) is 43.2 Å². The SMILES string of the molecule is C=CCOc1cccc(NC(=O)c2nn(-c3ccccc3)cc2-c2ccc(OC)c(OC)c2)c1. The summed E-state index contributed by atoms with van der Waals surface area (Å²) in [6.45, 7) is 4.03. The number of anilines is 1. The lowest BCUT2D eigenvalue weighted by Crippen LogP contribution is -2.14. The highest BCUT2D eigenvalue weighted by Crippen LogP contribution is 2.34. The number of methoxy groups -OCH3 is 2. The van der Waals surface area contributed by atoms with Gasteiger partial charge >= 0.3 is 0 Å². The van der Waals surface area contributed by atoms with E-state index in [-0.39, 0.29) is 11.6 Å². The van der Waals surface area contributed by atoms with Crippen LogP contribution in [0.2, 0.25) is 0 Å². The number of benzene rings is 3. The first-order valence-electron chi connectivity index (χ1n) is 10.7. The lowest BCUT2D eigenvalue weighted by molar-refractivity contribution is 0.102. The van der Waals surface area contributed by atoms with Crippen molar-refractivity contribution in [1.29, 1.82) is 0 Å². The predicted molar refractivity (Wildman–Crippen MR) is 132 cm³/mol. The molecule has 0 radical (unpaired) electrons. The Morgan fingerprint density at radius 2 is 1.79 bits per heavy atom. The summed E-state index contributed by atoms with van der Waals surface area (Å²) >= 11 is 0.